The summed E-state index contributed by atoms with van der Waals surface area (Å²) in [6.07, 6.45) is 0.0662. The van der Waals surface area contributed by atoms with Gasteiger partial charge in [0.2, 0.25) is 29.5 Å². The third kappa shape index (κ3) is 26.0. The van der Waals surface area contributed by atoms with E-state index in [0.717, 1.165) is 0 Å². The quantitative estimate of drug-likeness (QED) is 0.0303. The van der Waals surface area contributed by atoms with E-state index in [4.69, 9.17) is 15.2 Å². The fourth-order valence-electron chi connectivity index (χ4n) is 9.58. The lowest BCUT2D eigenvalue weighted by Gasteiger charge is -2.30. The van der Waals surface area contributed by atoms with Crippen molar-refractivity contribution < 1.29 is 77.8 Å². The molecular formula is C62H88N8O16S2. The molecule has 0 aliphatic carbocycles. The van der Waals surface area contributed by atoms with Gasteiger partial charge in [0.25, 0.3) is 0 Å². The van der Waals surface area contributed by atoms with Crippen molar-refractivity contribution in [3.8, 4) is 11.5 Å². The van der Waals surface area contributed by atoms with Gasteiger partial charge < -0.3 is 72.9 Å². The molecule has 1 heterocycles. The first-order valence-corrected chi connectivity index (χ1v) is 31.6. The van der Waals surface area contributed by atoms with Gasteiger partial charge in [-0.1, -0.05) is 74.9 Å². The minimum Gasteiger partial charge on any atom is -0.508 e. The topological polar surface area (TPSA) is 380 Å². The third-order valence-corrected chi connectivity index (χ3v) is 16.1. The van der Waals surface area contributed by atoms with Gasteiger partial charge in [-0.25, -0.2) is 4.79 Å². The Kier molecular flexibility index (Phi) is 32.7. The van der Waals surface area contributed by atoms with Crippen molar-refractivity contribution in [3.05, 3.63) is 95.6 Å². The lowest BCUT2D eigenvalue weighted by atomic mass is 9.88. The Morgan fingerprint density at radius 2 is 1.34 bits per heavy atom. The molecule has 0 aromatic heterocycles. The molecule has 88 heavy (non-hydrogen) atoms. The van der Waals surface area contributed by atoms with Gasteiger partial charge in [-0.2, -0.15) is 24.4 Å². The molecule has 3 aromatic rings. The molecule has 4 rings (SSSR count). The number of benzene rings is 3. The van der Waals surface area contributed by atoms with E-state index in [0.29, 0.717) is 41.7 Å². The van der Waals surface area contributed by atoms with Gasteiger partial charge in [0.15, 0.2) is 17.3 Å². The molecule has 26 heteroatoms. The zero-order chi connectivity index (χ0) is 64.7. The molecule has 1 aliphatic rings. The van der Waals surface area contributed by atoms with Crippen molar-refractivity contribution >= 4 is 83.1 Å². The van der Waals surface area contributed by atoms with Crippen molar-refractivity contribution in [2.45, 2.75) is 127 Å². The third-order valence-electron chi connectivity index (χ3n) is 15.1. The number of rotatable bonds is 33. The first-order chi connectivity index (χ1) is 42.0. The van der Waals surface area contributed by atoms with Crippen LogP contribution < -0.4 is 43.0 Å². The number of phenolic OH excluding ortho intramolecular Hbond substituents is 2. The van der Waals surface area contributed by atoms with Crippen molar-refractivity contribution in [2.75, 3.05) is 63.9 Å². The van der Waals surface area contributed by atoms with Crippen molar-refractivity contribution in [2.24, 2.45) is 29.4 Å². The second kappa shape index (κ2) is 39.1. The molecule has 3 aromatic carbocycles. The van der Waals surface area contributed by atoms with E-state index < -0.39 is 140 Å². The van der Waals surface area contributed by atoms with E-state index in [9.17, 15) is 68.4 Å². The summed E-state index contributed by atoms with van der Waals surface area (Å²) in [6.45, 7) is 3.24. The van der Waals surface area contributed by atoms with Crippen molar-refractivity contribution in [1.82, 2.24) is 37.2 Å². The van der Waals surface area contributed by atoms with Gasteiger partial charge in [0.05, 0.1) is 55.9 Å². The Labute approximate surface area is 523 Å². The summed E-state index contributed by atoms with van der Waals surface area (Å²) < 4.78 is 10.9. The predicted octanol–water partition coefficient (Wildman–Crippen LogP) is 1.40. The lowest BCUT2D eigenvalue weighted by molar-refractivity contribution is -0.137. The second-order valence-electron chi connectivity index (χ2n) is 22.1. The second-order valence-corrected chi connectivity index (χ2v) is 23.5. The van der Waals surface area contributed by atoms with E-state index in [-0.39, 0.29) is 93.2 Å². The lowest BCUT2D eigenvalue weighted by Crippen LogP contribution is -2.58. The number of carbonyl (C=O) groups is 10. The average molecular weight is 1270 g/mol. The van der Waals surface area contributed by atoms with Crippen molar-refractivity contribution in [1.29, 1.82) is 0 Å². The Bertz CT molecular complexity index is 2750. The number of Topliss-reactive ketones (excluding diaryl/α,β-unsaturated/α-hetero) is 4. The smallest absolute Gasteiger partial charge is 0.314 e. The van der Waals surface area contributed by atoms with Gasteiger partial charge in [-0.15, -0.1) is 0 Å². The fraction of sp³-hybridized carbons (Fsp3) is 0.548. The summed E-state index contributed by atoms with van der Waals surface area (Å²) in [5, 5.41) is 60.4. The number of ether oxygens (including phenoxy) is 2. The van der Waals surface area contributed by atoms with Crippen molar-refractivity contribution in [3.63, 3.8) is 0 Å². The predicted molar refractivity (Wildman–Crippen MR) is 333 cm³/mol. The van der Waals surface area contributed by atoms with E-state index >= 15 is 0 Å². The van der Waals surface area contributed by atoms with Gasteiger partial charge in [0, 0.05) is 64.0 Å². The maximum atomic E-state index is 14.7. The number of nitrogens with one attached hydrogen (secondary N) is 7. The SMILES string of the molecule is CCC(C)[C@@H]1NC(=O)[C@H](Cc2ccccc2)NC(=O)[C@H](Cc2ccc(O)cc2)NC(=O)[C@@H](CC(=O)[C@@H](NC(=O)[C@H](CO)CC(=O)[C@H](Cc2ccc(O)cc2)NC(=O)COCCOCCCC(=O)[C@@H](N)CS)C(C)O)CNC(=O)NC[C@H](CCSC)CC1=O. The van der Waals surface area contributed by atoms with Crippen LogP contribution in [0.3, 0.4) is 0 Å². The largest absolute Gasteiger partial charge is 0.508 e. The zero-order valence-corrected chi connectivity index (χ0v) is 52.1. The highest BCUT2D eigenvalue weighted by molar-refractivity contribution is 7.98. The van der Waals surface area contributed by atoms with Gasteiger partial charge >= 0.3 is 6.03 Å². The highest BCUT2D eigenvalue weighted by Gasteiger charge is 2.37. The molecule has 484 valence electrons. The van der Waals surface area contributed by atoms with E-state index in [1.165, 1.54) is 67.2 Å². The number of ketones is 4. The normalized spacial score (nSPS) is 20.1. The van der Waals surface area contributed by atoms with Crippen LogP contribution in [0.2, 0.25) is 0 Å². The van der Waals surface area contributed by atoms with Crippen LogP contribution in [0, 0.1) is 23.7 Å². The Morgan fingerprint density at radius 1 is 0.750 bits per heavy atom. The molecule has 11 atom stereocenters. The highest BCUT2D eigenvalue weighted by atomic mass is 32.2. The number of hydrogen-bond acceptors (Lipinski definition) is 19. The van der Waals surface area contributed by atoms with Crippen LogP contribution in [0.1, 0.15) is 82.4 Å². The minimum atomic E-state index is -1.78. The van der Waals surface area contributed by atoms with Gasteiger partial charge in [-0.05, 0) is 91.0 Å². The van der Waals surface area contributed by atoms with Gasteiger partial charge in [0.1, 0.15) is 42.0 Å². The number of aromatic hydroxyl groups is 2. The fourth-order valence-corrected chi connectivity index (χ4v) is 10.4. The standard InChI is InChI=1S/C62H88N8O16S2/c1-5-37(2)56-53(77)29-42(21-25-88-4)32-64-62(84)65-33-43(58(80)67-49(28-41-15-19-46(74)20-16-41)60(82)68-50(61(83)69-56)27-39-10-7-6-8-11-39)30-54(78)57(38(3)72)70-59(81)44(34-71)31-52(76)48(26-40-13-17-45(73)18-14-40)66-55(79)35-86-24-23-85-22-9-12-51(75)47(63)36-87/h6-8,10-11,13-20,37-38,42-44,47-50,56-57,71-74,87H,5,9,12,21-36,63H2,1-4H3,(H,66,79)(H,67,80)(H,68,82)(H,69,83)(H,70,81)(H2,64,65,84)/t37?,38?,42-,43+,44+,47+,48+,49+,50+,56+,57+/m1/s1. The number of nitrogens with two attached hydrogens (primary N) is 1. The summed E-state index contributed by atoms with van der Waals surface area (Å²) in [5.41, 5.74) is 7.31. The molecular weight excluding hydrogens is 1180 g/mol. The van der Waals surface area contributed by atoms with Crippen LogP contribution in [0.25, 0.3) is 0 Å². The maximum Gasteiger partial charge on any atom is 0.314 e. The summed E-state index contributed by atoms with van der Waals surface area (Å²) in [5.74, 6) is -9.37. The number of thiol groups is 1. The zero-order valence-electron chi connectivity index (χ0n) is 50.4. The number of aliphatic hydroxyl groups is 2. The maximum absolute atomic E-state index is 14.7. The molecule has 1 fully saturated rings. The monoisotopic (exact) mass is 1260 g/mol. The summed E-state index contributed by atoms with van der Waals surface area (Å²) in [6, 6.07) is 12.2. The summed E-state index contributed by atoms with van der Waals surface area (Å²) >= 11 is 5.56. The molecule has 0 radical (unpaired) electrons. The Balaban J connectivity index is 1.60. The number of amides is 7. The number of thioether (sulfide) groups is 1. The molecule has 2 unspecified atom stereocenters. The highest BCUT2D eigenvalue weighted by Crippen LogP contribution is 2.21. The number of phenols is 2. The molecule has 13 N–H and O–H groups in total. The summed E-state index contributed by atoms with van der Waals surface area (Å²) in [7, 11) is 0. The summed E-state index contributed by atoms with van der Waals surface area (Å²) in [4.78, 5) is 139. The Morgan fingerprint density at radius 3 is 1.94 bits per heavy atom. The number of aliphatic hydroxyl groups excluding tert-OH is 2. The van der Waals surface area contributed by atoms with E-state index in [1.54, 1.807) is 30.3 Å². The average Bonchev–Trinajstić information content (AvgIpc) is 2.81. The van der Waals surface area contributed by atoms with E-state index in [2.05, 4.69) is 49.8 Å². The molecule has 0 bridgehead atoms. The van der Waals surface area contributed by atoms with Crippen LogP contribution in [-0.4, -0.2) is 185 Å². The number of carbonyl (C=O) groups excluding carboxylic acids is 10. The van der Waals surface area contributed by atoms with E-state index in [1.807, 2.05) is 20.1 Å². The number of urea groups is 1. The van der Waals surface area contributed by atoms with Crippen LogP contribution >= 0.6 is 24.4 Å². The first-order valence-electron chi connectivity index (χ1n) is 29.6. The molecule has 1 aliphatic heterocycles. The van der Waals surface area contributed by atoms with Crippen LogP contribution in [-0.2, 0) is 71.9 Å². The van der Waals surface area contributed by atoms with Crippen LogP contribution in [0.15, 0.2) is 78.9 Å². The molecule has 1 saturated heterocycles. The minimum absolute atomic E-state index is 0.0103. The van der Waals surface area contributed by atoms with Crippen LogP contribution in [0.5, 0.6) is 11.5 Å². The molecule has 7 amide bonds. The molecule has 0 spiro atoms. The molecule has 24 nitrogen and oxygen atoms in total. The van der Waals surface area contributed by atoms with Gasteiger partial charge in [-0.3, -0.25) is 43.2 Å². The Hall–Kier alpha value is -6.94. The number of hydrogen-bond donors (Lipinski definition) is 13. The first kappa shape index (κ1) is 73.5. The molecule has 0 saturated carbocycles. The van der Waals surface area contributed by atoms with Crippen LogP contribution in [0.4, 0.5) is 4.79 Å².